The largest absolute Gasteiger partial charge is 0.479 e. The van der Waals surface area contributed by atoms with Crippen molar-refractivity contribution in [2.75, 3.05) is 10.7 Å². The lowest BCUT2D eigenvalue weighted by molar-refractivity contribution is 0.103. The number of hydrogen-bond donors (Lipinski definition) is 1. The van der Waals surface area contributed by atoms with Crippen LogP contribution in [0.5, 0.6) is 5.75 Å². The molecule has 1 aliphatic rings. The van der Waals surface area contributed by atoms with Gasteiger partial charge >= 0.3 is 0 Å². The molecular formula is C14H8BrClFNO2S. The second-order valence-corrected chi connectivity index (χ2v) is 6.19. The Kier molecular flexibility index (Phi) is 4.10. The second kappa shape index (κ2) is 5.87. The minimum atomic E-state index is -0.506. The van der Waals surface area contributed by atoms with Crippen LogP contribution in [0.2, 0.25) is 5.02 Å². The summed E-state index contributed by atoms with van der Waals surface area (Å²) < 4.78 is 22.5. The van der Waals surface area contributed by atoms with Crippen molar-refractivity contribution in [2.45, 2.75) is 0 Å². The minimum absolute atomic E-state index is 0.127. The van der Waals surface area contributed by atoms with Crippen LogP contribution in [0, 0.1) is 5.82 Å². The van der Waals surface area contributed by atoms with Crippen molar-refractivity contribution in [3.63, 3.8) is 0 Å². The van der Waals surface area contributed by atoms with Gasteiger partial charge in [0, 0.05) is 11.1 Å². The van der Waals surface area contributed by atoms with Crippen molar-refractivity contribution in [2.24, 2.45) is 0 Å². The highest BCUT2D eigenvalue weighted by atomic mass is 79.9. The summed E-state index contributed by atoms with van der Waals surface area (Å²) in [4.78, 5) is 12.6. The van der Waals surface area contributed by atoms with Crippen LogP contribution >= 0.6 is 39.5 Å². The number of ketones is 1. The zero-order valence-electron chi connectivity index (χ0n) is 10.5. The lowest BCUT2D eigenvalue weighted by atomic mass is 10.0. The van der Waals surface area contributed by atoms with E-state index < -0.39 is 5.82 Å². The molecule has 0 amide bonds. The Bertz CT molecular complexity index is 741. The molecule has 21 heavy (non-hydrogen) atoms. The number of carbonyl (C=O) groups excluding carboxylic acids is 1. The summed E-state index contributed by atoms with van der Waals surface area (Å²) >= 11 is 10.8. The molecule has 2 aromatic rings. The molecule has 0 bridgehead atoms. The molecule has 108 valence electrons. The van der Waals surface area contributed by atoms with E-state index in [0.29, 0.717) is 27.4 Å². The molecule has 0 saturated heterocycles. The number of halogens is 3. The lowest BCUT2D eigenvalue weighted by Crippen LogP contribution is -2.10. The predicted octanol–water partition coefficient (Wildman–Crippen LogP) is 4.88. The summed E-state index contributed by atoms with van der Waals surface area (Å²) in [6.07, 6.45) is 0. The van der Waals surface area contributed by atoms with Gasteiger partial charge in [-0.15, -0.1) is 0 Å². The van der Waals surface area contributed by atoms with E-state index in [0.717, 1.165) is 6.07 Å². The quantitative estimate of drug-likeness (QED) is 0.588. The van der Waals surface area contributed by atoms with Gasteiger partial charge in [-0.25, -0.2) is 4.39 Å². The van der Waals surface area contributed by atoms with E-state index in [1.165, 1.54) is 24.1 Å². The topological polar surface area (TPSA) is 38.3 Å². The van der Waals surface area contributed by atoms with Crippen LogP contribution in [0.4, 0.5) is 10.1 Å². The minimum Gasteiger partial charge on any atom is -0.479 e. The van der Waals surface area contributed by atoms with Crippen LogP contribution in [0.3, 0.4) is 0 Å². The van der Waals surface area contributed by atoms with Crippen molar-refractivity contribution in [1.29, 1.82) is 0 Å². The van der Waals surface area contributed by atoms with Crippen molar-refractivity contribution >= 4 is 50.9 Å². The normalized spacial score (nSPS) is 13.1. The molecule has 0 aliphatic carbocycles. The zero-order valence-corrected chi connectivity index (χ0v) is 13.6. The standard InChI is InChI=1S/C14H8BrClFNO2S/c15-12-8(2-4-11-13(12)18-21-6-20-11)14(19)9-5-7(17)1-3-10(9)16/h1-5,18H,6H2. The Labute approximate surface area is 138 Å². The smallest absolute Gasteiger partial charge is 0.195 e. The van der Waals surface area contributed by atoms with E-state index in [1.807, 2.05) is 0 Å². The van der Waals surface area contributed by atoms with E-state index in [1.54, 1.807) is 12.1 Å². The molecule has 7 heteroatoms. The summed E-state index contributed by atoms with van der Waals surface area (Å²) in [6.45, 7) is 0. The first-order valence-electron chi connectivity index (χ1n) is 5.91. The highest BCUT2D eigenvalue weighted by Crippen LogP contribution is 2.41. The van der Waals surface area contributed by atoms with Crippen LogP contribution in [0.25, 0.3) is 0 Å². The lowest BCUT2D eigenvalue weighted by Gasteiger charge is -2.20. The first-order valence-corrected chi connectivity index (χ1v) is 8.06. The van der Waals surface area contributed by atoms with Gasteiger partial charge in [0.2, 0.25) is 0 Å². The van der Waals surface area contributed by atoms with E-state index in [2.05, 4.69) is 20.7 Å². The number of carbonyl (C=O) groups is 1. The first-order chi connectivity index (χ1) is 10.1. The highest BCUT2D eigenvalue weighted by molar-refractivity contribution is 9.10. The maximum absolute atomic E-state index is 13.3. The Hall–Kier alpha value is -1.24. The number of benzene rings is 2. The van der Waals surface area contributed by atoms with Crippen LogP contribution in [0.1, 0.15) is 15.9 Å². The number of ether oxygens (including phenoxy) is 1. The van der Waals surface area contributed by atoms with Gasteiger partial charge in [0.1, 0.15) is 17.3 Å². The Balaban J connectivity index is 2.08. The van der Waals surface area contributed by atoms with E-state index >= 15 is 0 Å². The van der Waals surface area contributed by atoms with Gasteiger partial charge in [-0.1, -0.05) is 11.6 Å². The second-order valence-electron chi connectivity index (χ2n) is 4.26. The highest BCUT2D eigenvalue weighted by Gasteiger charge is 2.22. The summed E-state index contributed by atoms with van der Waals surface area (Å²) in [5, 5.41) is 0.213. The Morgan fingerprint density at radius 3 is 2.95 bits per heavy atom. The number of anilines is 1. The monoisotopic (exact) mass is 387 g/mol. The summed E-state index contributed by atoms with van der Waals surface area (Å²) in [5.74, 6) is 0.283. The number of fused-ring (bicyclic) bond motifs is 1. The van der Waals surface area contributed by atoms with Gasteiger partial charge in [-0.05, 0) is 58.2 Å². The maximum atomic E-state index is 13.3. The van der Waals surface area contributed by atoms with Crippen LogP contribution < -0.4 is 9.46 Å². The van der Waals surface area contributed by atoms with Gasteiger partial charge in [-0.3, -0.25) is 4.79 Å². The van der Waals surface area contributed by atoms with Crippen molar-refractivity contribution in [3.8, 4) is 5.75 Å². The third kappa shape index (κ3) is 2.75. The fraction of sp³-hybridized carbons (Fsp3) is 0.0714. The van der Waals surface area contributed by atoms with E-state index in [4.69, 9.17) is 16.3 Å². The average Bonchev–Trinajstić information content (AvgIpc) is 2.50. The van der Waals surface area contributed by atoms with Gasteiger partial charge < -0.3 is 9.46 Å². The van der Waals surface area contributed by atoms with Crippen LogP contribution in [-0.4, -0.2) is 11.7 Å². The van der Waals surface area contributed by atoms with E-state index in [-0.39, 0.29) is 16.4 Å². The average molecular weight is 389 g/mol. The molecule has 0 saturated carbocycles. The fourth-order valence-electron chi connectivity index (χ4n) is 1.96. The molecule has 0 spiro atoms. The van der Waals surface area contributed by atoms with E-state index in [9.17, 15) is 9.18 Å². The van der Waals surface area contributed by atoms with Crippen LogP contribution in [-0.2, 0) is 0 Å². The first kappa shape index (κ1) is 14.7. The molecule has 1 N–H and O–H groups in total. The number of hydrogen-bond acceptors (Lipinski definition) is 4. The van der Waals surface area contributed by atoms with Gasteiger partial charge in [-0.2, -0.15) is 0 Å². The summed E-state index contributed by atoms with van der Waals surface area (Å²) in [5.41, 5.74) is 1.20. The Morgan fingerprint density at radius 2 is 2.14 bits per heavy atom. The molecule has 0 aromatic heterocycles. The molecule has 3 nitrogen and oxygen atoms in total. The van der Waals surface area contributed by atoms with Crippen molar-refractivity contribution < 1.29 is 13.9 Å². The van der Waals surface area contributed by atoms with Gasteiger partial charge in [0.15, 0.2) is 11.7 Å². The number of rotatable bonds is 2. The molecule has 0 fully saturated rings. The third-order valence-corrected chi connectivity index (χ3v) is 4.71. The third-order valence-electron chi connectivity index (χ3n) is 2.97. The molecule has 0 atom stereocenters. The SMILES string of the molecule is O=C(c1cc(F)ccc1Cl)c1ccc2c(c1Br)NSCO2. The molecule has 1 aliphatic heterocycles. The molecular weight excluding hydrogens is 381 g/mol. The van der Waals surface area contributed by atoms with Gasteiger partial charge in [0.25, 0.3) is 0 Å². The van der Waals surface area contributed by atoms with Crippen molar-refractivity contribution in [3.05, 3.63) is 56.8 Å². The fourth-order valence-corrected chi connectivity index (χ4v) is 3.49. The number of nitrogens with one attached hydrogen (secondary N) is 1. The summed E-state index contributed by atoms with van der Waals surface area (Å²) in [6, 6.07) is 7.05. The van der Waals surface area contributed by atoms with Crippen LogP contribution in [0.15, 0.2) is 34.8 Å². The van der Waals surface area contributed by atoms with Gasteiger partial charge in [0.05, 0.1) is 9.50 Å². The zero-order chi connectivity index (χ0) is 15.0. The molecule has 0 unspecified atom stereocenters. The van der Waals surface area contributed by atoms with Crippen molar-refractivity contribution in [1.82, 2.24) is 0 Å². The predicted molar refractivity (Wildman–Crippen MR) is 85.7 cm³/mol. The summed E-state index contributed by atoms with van der Waals surface area (Å²) in [7, 11) is 0. The molecule has 0 radical (unpaired) electrons. The maximum Gasteiger partial charge on any atom is 0.195 e. The molecule has 1 heterocycles. The Morgan fingerprint density at radius 1 is 1.33 bits per heavy atom. The molecule has 2 aromatic carbocycles. The molecule has 3 rings (SSSR count).